The van der Waals surface area contributed by atoms with Crippen molar-refractivity contribution in [1.29, 1.82) is 0 Å². The summed E-state index contributed by atoms with van der Waals surface area (Å²) in [7, 11) is 0. The van der Waals surface area contributed by atoms with Crippen LogP contribution in [0.15, 0.2) is 121 Å². The number of para-hydroxylation sites is 1. The maximum Gasteiger partial charge on any atom is 0.279 e. The number of hydrazine groups is 1. The van der Waals surface area contributed by atoms with E-state index in [0.717, 1.165) is 11.3 Å². The van der Waals surface area contributed by atoms with Crippen molar-refractivity contribution >= 4 is 11.6 Å². The molecule has 0 spiro atoms. The number of anilines is 1. The number of aliphatic hydroxyl groups is 1. The van der Waals surface area contributed by atoms with E-state index in [9.17, 15) is 9.90 Å². The Morgan fingerprint density at radius 1 is 0.677 bits per heavy atom. The molecule has 1 amide bonds. The lowest BCUT2D eigenvalue weighted by Crippen LogP contribution is -2.52. The van der Waals surface area contributed by atoms with Gasteiger partial charge < -0.3 is 5.11 Å². The van der Waals surface area contributed by atoms with Crippen LogP contribution in [0.2, 0.25) is 0 Å². The molecule has 0 atom stereocenters. The molecule has 4 aromatic rings. The average Bonchev–Trinajstić information content (AvgIpc) is 2.85. The summed E-state index contributed by atoms with van der Waals surface area (Å²) in [5.41, 5.74) is 3.99. The van der Waals surface area contributed by atoms with E-state index in [4.69, 9.17) is 0 Å². The fourth-order valence-electron chi connectivity index (χ4n) is 3.56. The molecule has 4 nitrogen and oxygen atoms in total. The van der Waals surface area contributed by atoms with Gasteiger partial charge >= 0.3 is 0 Å². The summed E-state index contributed by atoms with van der Waals surface area (Å²) >= 11 is 0. The largest absolute Gasteiger partial charge is 0.372 e. The molecule has 0 fully saturated rings. The molecule has 0 saturated heterocycles. The molecule has 0 aliphatic heterocycles. The van der Waals surface area contributed by atoms with E-state index >= 15 is 0 Å². The van der Waals surface area contributed by atoms with Crippen LogP contribution >= 0.6 is 0 Å². The highest BCUT2D eigenvalue weighted by Crippen LogP contribution is 2.30. The van der Waals surface area contributed by atoms with Crippen LogP contribution in [-0.4, -0.2) is 11.0 Å². The zero-order valence-electron chi connectivity index (χ0n) is 17.1. The topological polar surface area (TPSA) is 52.6 Å². The Labute approximate surface area is 182 Å². The molecule has 31 heavy (non-hydrogen) atoms. The van der Waals surface area contributed by atoms with Crippen molar-refractivity contribution in [3.63, 3.8) is 0 Å². The molecule has 0 unspecified atom stereocenters. The smallest absolute Gasteiger partial charge is 0.279 e. The molecule has 0 radical (unpaired) electrons. The summed E-state index contributed by atoms with van der Waals surface area (Å²) in [6, 6.07) is 37.5. The van der Waals surface area contributed by atoms with Crippen molar-refractivity contribution in [3.8, 4) is 0 Å². The van der Waals surface area contributed by atoms with Crippen molar-refractivity contribution in [2.45, 2.75) is 12.1 Å². The van der Waals surface area contributed by atoms with Crippen molar-refractivity contribution in [2.75, 3.05) is 5.01 Å². The number of rotatable bonds is 7. The van der Waals surface area contributed by atoms with Crippen LogP contribution in [-0.2, 0) is 16.9 Å². The normalized spacial score (nSPS) is 11.0. The van der Waals surface area contributed by atoms with E-state index in [-0.39, 0.29) is 0 Å². The van der Waals surface area contributed by atoms with Gasteiger partial charge in [0.15, 0.2) is 5.60 Å². The molecule has 154 valence electrons. The van der Waals surface area contributed by atoms with E-state index in [0.29, 0.717) is 17.7 Å². The number of nitrogens with one attached hydrogen (secondary N) is 1. The first-order valence-corrected chi connectivity index (χ1v) is 10.2. The Balaban J connectivity index is 1.71. The first kappa shape index (κ1) is 20.4. The Hall–Kier alpha value is -3.89. The van der Waals surface area contributed by atoms with Gasteiger partial charge in [-0.05, 0) is 28.8 Å². The Morgan fingerprint density at radius 2 is 1.10 bits per heavy atom. The highest BCUT2D eigenvalue weighted by atomic mass is 16.3. The van der Waals surface area contributed by atoms with Crippen LogP contribution in [0.1, 0.15) is 16.7 Å². The van der Waals surface area contributed by atoms with Gasteiger partial charge in [0.05, 0.1) is 12.2 Å². The minimum absolute atomic E-state index is 0.455. The molecule has 4 heteroatoms. The minimum atomic E-state index is -1.84. The standard InChI is InChI=1S/C27H24N2O2/c30-26(27(31,23-15-7-2-8-16-23)24-17-9-3-10-18-24)28-29(25-19-11-4-12-20-25)21-22-13-5-1-6-14-22/h1-20,31H,21H2,(H,28,30). The SMILES string of the molecule is O=C(NN(Cc1ccccc1)c1ccccc1)C(O)(c1ccccc1)c1ccccc1. The molecule has 0 bridgehead atoms. The minimum Gasteiger partial charge on any atom is -0.372 e. The van der Waals surface area contributed by atoms with E-state index < -0.39 is 11.5 Å². The average molecular weight is 409 g/mol. The van der Waals surface area contributed by atoms with Crippen molar-refractivity contribution in [2.24, 2.45) is 0 Å². The lowest BCUT2D eigenvalue weighted by atomic mass is 9.85. The third-order valence-corrected chi connectivity index (χ3v) is 5.20. The van der Waals surface area contributed by atoms with Gasteiger partial charge in [-0.3, -0.25) is 15.2 Å². The first-order chi connectivity index (χ1) is 15.2. The van der Waals surface area contributed by atoms with Crippen LogP contribution < -0.4 is 10.4 Å². The first-order valence-electron chi connectivity index (χ1n) is 10.2. The fourth-order valence-corrected chi connectivity index (χ4v) is 3.56. The third-order valence-electron chi connectivity index (χ3n) is 5.20. The second kappa shape index (κ2) is 9.28. The Kier molecular flexibility index (Phi) is 6.11. The van der Waals surface area contributed by atoms with Crippen LogP contribution in [0.3, 0.4) is 0 Å². The number of hydrogen-bond acceptors (Lipinski definition) is 3. The Bertz CT molecular complexity index is 1060. The molecule has 0 aromatic heterocycles. The second-order valence-electron chi connectivity index (χ2n) is 7.29. The predicted octanol–water partition coefficient (Wildman–Crippen LogP) is 4.66. The van der Waals surface area contributed by atoms with E-state index in [2.05, 4.69) is 5.43 Å². The molecule has 4 rings (SSSR count). The molecular formula is C27H24N2O2. The van der Waals surface area contributed by atoms with E-state index in [1.165, 1.54) is 0 Å². The van der Waals surface area contributed by atoms with Gasteiger partial charge in [-0.25, -0.2) is 0 Å². The van der Waals surface area contributed by atoms with Crippen LogP contribution in [0.5, 0.6) is 0 Å². The zero-order chi connectivity index (χ0) is 21.5. The molecule has 0 saturated carbocycles. The van der Waals surface area contributed by atoms with Gasteiger partial charge in [0, 0.05) is 0 Å². The lowest BCUT2D eigenvalue weighted by Gasteiger charge is -2.33. The number of carbonyl (C=O) groups is 1. The van der Waals surface area contributed by atoms with Crippen LogP contribution in [0.4, 0.5) is 5.69 Å². The van der Waals surface area contributed by atoms with E-state index in [1.807, 2.05) is 97.1 Å². The maximum atomic E-state index is 13.6. The summed E-state index contributed by atoms with van der Waals surface area (Å²) in [6.07, 6.45) is 0. The number of amides is 1. The third kappa shape index (κ3) is 4.49. The van der Waals surface area contributed by atoms with Crippen molar-refractivity contribution < 1.29 is 9.90 Å². The monoisotopic (exact) mass is 408 g/mol. The van der Waals surface area contributed by atoms with Crippen molar-refractivity contribution in [1.82, 2.24) is 5.43 Å². The van der Waals surface area contributed by atoms with Gasteiger partial charge in [0.25, 0.3) is 5.91 Å². The summed E-state index contributed by atoms with van der Waals surface area (Å²) in [4.78, 5) is 13.6. The number of carbonyl (C=O) groups excluding carboxylic acids is 1. The highest BCUT2D eigenvalue weighted by molar-refractivity contribution is 5.91. The molecule has 2 N–H and O–H groups in total. The molecular weight excluding hydrogens is 384 g/mol. The van der Waals surface area contributed by atoms with E-state index in [1.54, 1.807) is 29.3 Å². The maximum absolute atomic E-state index is 13.6. The van der Waals surface area contributed by atoms with Gasteiger partial charge in [0.2, 0.25) is 0 Å². The van der Waals surface area contributed by atoms with Crippen molar-refractivity contribution in [3.05, 3.63) is 138 Å². The molecule has 0 aliphatic rings. The molecule has 0 aliphatic carbocycles. The second-order valence-corrected chi connectivity index (χ2v) is 7.29. The quantitative estimate of drug-likeness (QED) is 0.437. The van der Waals surface area contributed by atoms with Gasteiger partial charge in [0.1, 0.15) is 0 Å². The predicted molar refractivity (Wildman–Crippen MR) is 123 cm³/mol. The van der Waals surface area contributed by atoms with Gasteiger partial charge in [-0.2, -0.15) is 0 Å². The van der Waals surface area contributed by atoms with Crippen LogP contribution in [0, 0.1) is 0 Å². The number of nitrogens with zero attached hydrogens (tertiary/aromatic N) is 1. The number of benzene rings is 4. The number of hydrogen-bond donors (Lipinski definition) is 2. The molecule has 4 aromatic carbocycles. The molecule has 0 heterocycles. The van der Waals surface area contributed by atoms with Gasteiger partial charge in [-0.1, -0.05) is 109 Å². The van der Waals surface area contributed by atoms with Crippen LogP contribution in [0.25, 0.3) is 0 Å². The lowest BCUT2D eigenvalue weighted by molar-refractivity contribution is -0.137. The Morgan fingerprint density at radius 3 is 1.58 bits per heavy atom. The summed E-state index contributed by atoms with van der Waals surface area (Å²) in [6.45, 7) is 0.455. The zero-order valence-corrected chi connectivity index (χ0v) is 17.1. The van der Waals surface area contributed by atoms with Gasteiger partial charge in [-0.15, -0.1) is 0 Å². The summed E-state index contributed by atoms with van der Waals surface area (Å²) in [5.74, 6) is -0.523. The summed E-state index contributed by atoms with van der Waals surface area (Å²) < 4.78 is 0. The summed E-state index contributed by atoms with van der Waals surface area (Å²) in [5, 5.41) is 13.5. The fraction of sp³-hybridized carbons (Fsp3) is 0.0741. The highest BCUT2D eigenvalue weighted by Gasteiger charge is 2.40.